The molecule has 0 aliphatic carbocycles. The van der Waals surface area contributed by atoms with Gasteiger partial charge >= 0.3 is 0 Å². The Labute approximate surface area is 226 Å². The number of halogens is 2. The fourth-order valence-electron chi connectivity index (χ4n) is 4.70. The third-order valence-electron chi connectivity index (χ3n) is 7.17. The molecule has 1 unspecified atom stereocenters. The Balaban J connectivity index is 1.29. The van der Waals surface area contributed by atoms with Crippen LogP contribution in [0.3, 0.4) is 0 Å². The monoisotopic (exact) mass is 533 g/mol. The van der Waals surface area contributed by atoms with Crippen LogP contribution in [0.2, 0.25) is 0 Å². The molecule has 2 aromatic heterocycles. The van der Waals surface area contributed by atoms with E-state index in [2.05, 4.69) is 32.6 Å². The molecule has 3 N–H and O–H groups in total. The second kappa shape index (κ2) is 12.4. The van der Waals surface area contributed by atoms with Crippen LogP contribution in [0.15, 0.2) is 59.3 Å². The van der Waals surface area contributed by atoms with E-state index in [0.29, 0.717) is 35.0 Å². The highest BCUT2D eigenvalue weighted by Gasteiger charge is 2.18. The molecule has 4 aromatic rings. The van der Waals surface area contributed by atoms with E-state index in [1.54, 1.807) is 31.3 Å². The summed E-state index contributed by atoms with van der Waals surface area (Å²) in [5, 5.41) is 7.04. The van der Waals surface area contributed by atoms with E-state index in [1.807, 2.05) is 12.1 Å². The molecule has 1 saturated heterocycles. The number of hydrogen-bond acceptors (Lipinski definition) is 7. The first-order valence-corrected chi connectivity index (χ1v) is 13.3. The molecule has 204 valence electrons. The van der Waals surface area contributed by atoms with Gasteiger partial charge in [-0.15, -0.1) is 0 Å². The van der Waals surface area contributed by atoms with Crippen molar-refractivity contribution in [2.45, 2.75) is 45.2 Å². The van der Waals surface area contributed by atoms with Crippen LogP contribution in [0.5, 0.6) is 0 Å². The summed E-state index contributed by atoms with van der Waals surface area (Å²) in [6.07, 6.45) is 6.11. The van der Waals surface area contributed by atoms with E-state index in [4.69, 9.17) is 15.0 Å². The molecule has 5 rings (SSSR count). The van der Waals surface area contributed by atoms with Gasteiger partial charge in [0.25, 0.3) is 0 Å². The molecule has 39 heavy (non-hydrogen) atoms. The molecule has 3 heterocycles. The predicted octanol–water partition coefficient (Wildman–Crippen LogP) is 5.99. The Bertz CT molecular complexity index is 1390. The smallest absolute Gasteiger partial charge is 0.189 e. The van der Waals surface area contributed by atoms with Crippen LogP contribution < -0.4 is 11.1 Å². The summed E-state index contributed by atoms with van der Waals surface area (Å²) in [6, 6.07) is 14.4. The normalized spacial score (nSPS) is 14.9. The SMILES string of the molecule is CC(CF)NCc1ccc(-c2cc(-c3nc(-c4ccc(CCC5CCOCC5)cc4)cnc3N)on2)c(F)c1. The van der Waals surface area contributed by atoms with Crippen LogP contribution in [0.4, 0.5) is 14.6 Å². The summed E-state index contributed by atoms with van der Waals surface area (Å²) >= 11 is 0. The molecule has 1 aliphatic rings. The number of nitrogens with one attached hydrogen (secondary N) is 1. The molecule has 7 nitrogen and oxygen atoms in total. The van der Waals surface area contributed by atoms with Gasteiger partial charge in [-0.1, -0.05) is 35.5 Å². The van der Waals surface area contributed by atoms with Gasteiger partial charge in [-0.05, 0) is 61.8 Å². The third kappa shape index (κ3) is 6.66. The summed E-state index contributed by atoms with van der Waals surface area (Å²) < 4.78 is 38.5. The van der Waals surface area contributed by atoms with Crippen LogP contribution in [0, 0.1) is 11.7 Å². The first-order valence-electron chi connectivity index (χ1n) is 13.3. The van der Waals surface area contributed by atoms with Crippen LogP contribution in [-0.4, -0.2) is 41.1 Å². The van der Waals surface area contributed by atoms with Gasteiger partial charge in [0, 0.05) is 43.0 Å². The number of benzene rings is 2. The van der Waals surface area contributed by atoms with Crippen molar-refractivity contribution in [1.29, 1.82) is 0 Å². The maximum Gasteiger partial charge on any atom is 0.189 e. The average molecular weight is 534 g/mol. The molecule has 0 radical (unpaired) electrons. The van der Waals surface area contributed by atoms with Gasteiger partial charge in [0.2, 0.25) is 0 Å². The van der Waals surface area contributed by atoms with Crippen LogP contribution in [-0.2, 0) is 17.7 Å². The van der Waals surface area contributed by atoms with Crippen molar-refractivity contribution in [3.8, 4) is 34.0 Å². The molecule has 1 aliphatic heterocycles. The van der Waals surface area contributed by atoms with E-state index in [1.165, 1.54) is 18.1 Å². The van der Waals surface area contributed by atoms with E-state index >= 15 is 0 Å². The zero-order valence-corrected chi connectivity index (χ0v) is 22.0. The van der Waals surface area contributed by atoms with Gasteiger partial charge in [0.1, 0.15) is 18.2 Å². The molecule has 1 atom stereocenters. The largest absolute Gasteiger partial charge is 0.382 e. The van der Waals surface area contributed by atoms with Crippen molar-refractivity contribution in [1.82, 2.24) is 20.4 Å². The average Bonchev–Trinajstić information content (AvgIpc) is 3.45. The lowest BCUT2D eigenvalue weighted by Gasteiger charge is -2.21. The topological polar surface area (TPSA) is 99.1 Å². The van der Waals surface area contributed by atoms with Crippen molar-refractivity contribution in [2.75, 3.05) is 25.6 Å². The van der Waals surface area contributed by atoms with Crippen molar-refractivity contribution in [3.05, 3.63) is 71.7 Å². The second-order valence-electron chi connectivity index (χ2n) is 10.1. The maximum atomic E-state index is 14.9. The fraction of sp³-hybridized carbons (Fsp3) is 0.367. The summed E-state index contributed by atoms with van der Waals surface area (Å²) in [6.45, 7) is 3.35. The third-order valence-corrected chi connectivity index (χ3v) is 7.17. The van der Waals surface area contributed by atoms with Crippen molar-refractivity contribution < 1.29 is 18.0 Å². The molecule has 0 bridgehead atoms. The highest BCUT2D eigenvalue weighted by atomic mass is 19.1. The lowest BCUT2D eigenvalue weighted by atomic mass is 9.92. The molecule has 2 aromatic carbocycles. The van der Waals surface area contributed by atoms with E-state index in [0.717, 1.165) is 44.0 Å². The Kier molecular flexibility index (Phi) is 8.58. The number of aromatic nitrogens is 3. The molecular weight excluding hydrogens is 500 g/mol. The lowest BCUT2D eigenvalue weighted by Crippen LogP contribution is -2.27. The van der Waals surface area contributed by atoms with Crippen LogP contribution in [0.25, 0.3) is 34.0 Å². The number of ether oxygens (including phenoxy) is 1. The van der Waals surface area contributed by atoms with E-state index in [-0.39, 0.29) is 17.4 Å². The first-order chi connectivity index (χ1) is 19.0. The summed E-state index contributed by atoms with van der Waals surface area (Å²) in [5.41, 5.74) is 10.6. The standard InChI is InChI=1S/C30H33F2N5O2/c1-19(16-31)34-17-22-6-9-24(25(32)14-22)26-15-28(39-37-26)29-30(33)35-18-27(36-29)23-7-4-20(5-8-23)2-3-21-10-12-38-13-11-21/h4-9,14-15,18-19,21,34H,2-3,10-13,16-17H2,1H3,(H2,33,35). The van der Waals surface area contributed by atoms with Gasteiger partial charge < -0.3 is 20.3 Å². The van der Waals surface area contributed by atoms with Gasteiger partial charge in [-0.2, -0.15) is 0 Å². The zero-order valence-electron chi connectivity index (χ0n) is 22.0. The van der Waals surface area contributed by atoms with E-state index in [9.17, 15) is 8.78 Å². The van der Waals surface area contributed by atoms with Gasteiger partial charge in [0.05, 0.1) is 11.9 Å². The first kappa shape index (κ1) is 26.9. The lowest BCUT2D eigenvalue weighted by molar-refractivity contribution is 0.0640. The van der Waals surface area contributed by atoms with Gasteiger partial charge in [-0.25, -0.2) is 18.7 Å². The van der Waals surface area contributed by atoms with Crippen molar-refractivity contribution in [2.24, 2.45) is 5.92 Å². The number of nitrogen functional groups attached to an aromatic ring is 1. The van der Waals surface area contributed by atoms with Crippen molar-refractivity contribution >= 4 is 5.82 Å². The zero-order chi connectivity index (χ0) is 27.2. The minimum Gasteiger partial charge on any atom is -0.382 e. The Morgan fingerprint density at radius 1 is 1.05 bits per heavy atom. The predicted molar refractivity (Wildman–Crippen MR) is 147 cm³/mol. The molecule has 1 fully saturated rings. The molecule has 9 heteroatoms. The Morgan fingerprint density at radius 3 is 2.56 bits per heavy atom. The number of anilines is 1. The summed E-state index contributed by atoms with van der Waals surface area (Å²) in [7, 11) is 0. The summed E-state index contributed by atoms with van der Waals surface area (Å²) in [5.74, 6) is 0.771. The number of aryl methyl sites for hydroxylation is 1. The molecule has 0 saturated carbocycles. The number of hydrogen-bond donors (Lipinski definition) is 2. The minimum atomic E-state index is -0.488. The van der Waals surface area contributed by atoms with Gasteiger partial charge in [-0.3, -0.25) is 0 Å². The van der Waals surface area contributed by atoms with Crippen LogP contribution >= 0.6 is 0 Å². The fourth-order valence-corrected chi connectivity index (χ4v) is 4.70. The quantitative estimate of drug-likeness (QED) is 0.258. The number of alkyl halides is 1. The second-order valence-corrected chi connectivity index (χ2v) is 10.1. The Morgan fingerprint density at radius 2 is 1.82 bits per heavy atom. The highest BCUT2D eigenvalue weighted by molar-refractivity contribution is 5.73. The summed E-state index contributed by atoms with van der Waals surface area (Å²) in [4.78, 5) is 9.00. The van der Waals surface area contributed by atoms with Crippen LogP contribution in [0.1, 0.15) is 37.3 Å². The Hall–Kier alpha value is -3.69. The van der Waals surface area contributed by atoms with Gasteiger partial charge in [0.15, 0.2) is 17.3 Å². The molecule has 0 spiro atoms. The number of nitrogens with two attached hydrogens (primary N) is 1. The van der Waals surface area contributed by atoms with Crippen molar-refractivity contribution in [3.63, 3.8) is 0 Å². The number of rotatable bonds is 10. The van der Waals surface area contributed by atoms with E-state index < -0.39 is 12.5 Å². The highest BCUT2D eigenvalue weighted by Crippen LogP contribution is 2.31. The minimum absolute atomic E-state index is 0.193. The molecule has 0 amide bonds. The molecular formula is C30H33F2N5O2. The number of nitrogens with zero attached hydrogens (tertiary/aromatic N) is 3. The maximum absolute atomic E-state index is 14.9.